The number of hydrogen-bond donors (Lipinski definition) is 0. The van der Waals surface area contributed by atoms with Crippen LogP contribution in [-0.4, -0.2) is 16.2 Å². The van der Waals surface area contributed by atoms with Gasteiger partial charge in [0.15, 0.2) is 5.88 Å². The average molecular weight is 314 g/mol. The first kappa shape index (κ1) is 13.9. The van der Waals surface area contributed by atoms with Gasteiger partial charge < -0.3 is 4.74 Å². The Hall–Kier alpha value is -2.76. The van der Waals surface area contributed by atoms with Crippen LogP contribution in [0, 0.1) is 0 Å². The molecule has 2 heterocycles. The van der Waals surface area contributed by atoms with E-state index in [2.05, 4.69) is 4.98 Å². The summed E-state index contributed by atoms with van der Waals surface area (Å²) < 4.78 is 36.1. The van der Waals surface area contributed by atoms with Gasteiger partial charge in [-0.1, -0.05) is 36.4 Å². The van der Waals surface area contributed by atoms with Gasteiger partial charge in [0.05, 0.1) is 6.54 Å². The van der Waals surface area contributed by atoms with Crippen LogP contribution in [-0.2, 0) is 12.5 Å². The number of nitrogens with zero attached hydrogens (tertiary/aromatic N) is 2. The lowest BCUT2D eigenvalue weighted by atomic mass is 10.0. The second-order valence-corrected chi connectivity index (χ2v) is 5.40. The highest BCUT2D eigenvalue weighted by Crippen LogP contribution is 2.36. The second kappa shape index (κ2) is 4.87. The fourth-order valence-electron chi connectivity index (χ4n) is 2.75. The molecule has 0 bridgehead atoms. The average Bonchev–Trinajstić information content (AvgIpc) is 3.03. The fourth-order valence-corrected chi connectivity index (χ4v) is 2.75. The summed E-state index contributed by atoms with van der Waals surface area (Å²) in [5.74, 6) is -3.23. The summed E-state index contributed by atoms with van der Waals surface area (Å²) in [4.78, 5) is 15.4. The molecule has 0 radical (unpaired) electrons. The SMILES string of the molecule is O=c1nc(C(F)(F)c2ccc3ccccc3c2)cc2n1CCO2. The van der Waals surface area contributed by atoms with E-state index in [4.69, 9.17) is 4.74 Å². The van der Waals surface area contributed by atoms with Crippen LogP contribution in [0.3, 0.4) is 0 Å². The zero-order valence-corrected chi connectivity index (χ0v) is 12.0. The molecule has 2 aromatic carbocycles. The van der Waals surface area contributed by atoms with E-state index in [-0.39, 0.29) is 11.4 Å². The minimum absolute atomic E-state index is 0.139. The number of benzene rings is 2. The van der Waals surface area contributed by atoms with Gasteiger partial charge >= 0.3 is 11.6 Å². The molecule has 0 aliphatic carbocycles. The highest BCUT2D eigenvalue weighted by atomic mass is 19.3. The largest absolute Gasteiger partial charge is 0.477 e. The van der Waals surface area contributed by atoms with Crippen LogP contribution in [0.2, 0.25) is 0 Å². The molecule has 0 fully saturated rings. The maximum atomic E-state index is 14.8. The standard InChI is InChI=1S/C17H12F2N2O2/c18-17(19,13-6-5-11-3-1-2-4-12(11)9-13)14-10-15-21(7-8-23-15)16(22)20-14/h1-6,9-10H,7-8H2. The molecule has 0 amide bonds. The molecular weight excluding hydrogens is 302 g/mol. The molecule has 4 nitrogen and oxygen atoms in total. The number of rotatable bonds is 2. The molecule has 23 heavy (non-hydrogen) atoms. The summed E-state index contributed by atoms with van der Waals surface area (Å²) in [7, 11) is 0. The number of aromatic nitrogens is 2. The molecule has 0 saturated heterocycles. The van der Waals surface area contributed by atoms with Crippen molar-refractivity contribution in [3.63, 3.8) is 0 Å². The Bertz CT molecular complexity index is 966. The Morgan fingerprint density at radius 3 is 2.70 bits per heavy atom. The van der Waals surface area contributed by atoms with Gasteiger partial charge in [-0.05, 0) is 16.8 Å². The first-order valence-corrected chi connectivity index (χ1v) is 7.18. The Kier molecular flexibility index (Phi) is 2.94. The van der Waals surface area contributed by atoms with E-state index >= 15 is 0 Å². The van der Waals surface area contributed by atoms with E-state index < -0.39 is 17.3 Å². The van der Waals surface area contributed by atoms with E-state index in [0.29, 0.717) is 18.5 Å². The Balaban J connectivity index is 1.85. The molecule has 0 unspecified atom stereocenters. The summed E-state index contributed by atoms with van der Waals surface area (Å²) in [6.07, 6.45) is 0. The number of halogens is 2. The second-order valence-electron chi connectivity index (χ2n) is 5.40. The molecule has 0 saturated carbocycles. The van der Waals surface area contributed by atoms with Gasteiger partial charge in [0.1, 0.15) is 12.3 Å². The lowest BCUT2D eigenvalue weighted by Crippen LogP contribution is -2.27. The lowest BCUT2D eigenvalue weighted by Gasteiger charge is -2.17. The predicted octanol–water partition coefficient (Wildman–Crippen LogP) is 2.93. The number of alkyl halides is 2. The quantitative estimate of drug-likeness (QED) is 0.730. The van der Waals surface area contributed by atoms with Gasteiger partial charge in [0, 0.05) is 11.6 Å². The van der Waals surface area contributed by atoms with Crippen molar-refractivity contribution in [1.82, 2.24) is 9.55 Å². The lowest BCUT2D eigenvalue weighted by molar-refractivity contribution is 0.0373. The van der Waals surface area contributed by atoms with Gasteiger partial charge in [0.2, 0.25) is 0 Å². The molecule has 116 valence electrons. The summed E-state index contributed by atoms with van der Waals surface area (Å²) in [6.45, 7) is 0.630. The van der Waals surface area contributed by atoms with E-state index in [1.165, 1.54) is 16.7 Å². The Morgan fingerprint density at radius 2 is 1.87 bits per heavy atom. The van der Waals surface area contributed by atoms with Crippen molar-refractivity contribution < 1.29 is 13.5 Å². The third-order valence-corrected chi connectivity index (χ3v) is 3.97. The van der Waals surface area contributed by atoms with Crippen molar-refractivity contribution in [3.8, 4) is 5.88 Å². The van der Waals surface area contributed by atoms with Crippen LogP contribution in [0.25, 0.3) is 10.8 Å². The first-order valence-electron chi connectivity index (χ1n) is 7.18. The van der Waals surface area contributed by atoms with Gasteiger partial charge in [-0.25, -0.2) is 4.79 Å². The predicted molar refractivity (Wildman–Crippen MR) is 80.9 cm³/mol. The number of ether oxygens (including phenoxy) is 1. The summed E-state index contributed by atoms with van der Waals surface area (Å²) >= 11 is 0. The van der Waals surface area contributed by atoms with Crippen molar-refractivity contribution in [3.05, 3.63) is 70.3 Å². The monoisotopic (exact) mass is 314 g/mol. The van der Waals surface area contributed by atoms with Crippen molar-refractivity contribution in [1.29, 1.82) is 0 Å². The zero-order valence-electron chi connectivity index (χ0n) is 12.0. The van der Waals surface area contributed by atoms with Crippen LogP contribution in [0.1, 0.15) is 11.3 Å². The number of fused-ring (bicyclic) bond motifs is 2. The highest BCUT2D eigenvalue weighted by Gasteiger charge is 2.37. The molecule has 0 atom stereocenters. The van der Waals surface area contributed by atoms with Crippen molar-refractivity contribution in [2.45, 2.75) is 12.5 Å². The maximum Gasteiger partial charge on any atom is 0.350 e. The minimum atomic E-state index is -3.37. The molecule has 4 rings (SSSR count). The van der Waals surface area contributed by atoms with Gasteiger partial charge in [0.25, 0.3) is 0 Å². The van der Waals surface area contributed by atoms with Gasteiger partial charge in [-0.3, -0.25) is 4.57 Å². The summed E-state index contributed by atoms with van der Waals surface area (Å²) in [5, 5.41) is 1.58. The molecular formula is C17H12F2N2O2. The smallest absolute Gasteiger partial charge is 0.350 e. The third kappa shape index (κ3) is 2.18. The molecule has 1 aromatic heterocycles. The van der Waals surface area contributed by atoms with Crippen LogP contribution in [0.5, 0.6) is 5.88 Å². The molecule has 6 heteroatoms. The zero-order chi connectivity index (χ0) is 16.0. The van der Waals surface area contributed by atoms with E-state index in [0.717, 1.165) is 11.5 Å². The Labute approximate surface area is 130 Å². The van der Waals surface area contributed by atoms with Gasteiger partial charge in [-0.15, -0.1) is 0 Å². The van der Waals surface area contributed by atoms with Crippen molar-refractivity contribution in [2.75, 3.05) is 6.61 Å². The van der Waals surface area contributed by atoms with Crippen LogP contribution < -0.4 is 10.4 Å². The topological polar surface area (TPSA) is 44.1 Å². The maximum absolute atomic E-state index is 14.8. The molecule has 0 spiro atoms. The summed E-state index contributed by atoms with van der Waals surface area (Å²) in [6, 6.07) is 12.8. The molecule has 1 aliphatic rings. The fraction of sp³-hybridized carbons (Fsp3) is 0.176. The van der Waals surface area contributed by atoms with E-state index in [1.807, 2.05) is 12.1 Å². The minimum Gasteiger partial charge on any atom is -0.477 e. The normalized spacial score (nSPS) is 13.8. The van der Waals surface area contributed by atoms with Crippen LogP contribution in [0.15, 0.2) is 53.3 Å². The first-order chi connectivity index (χ1) is 11.1. The van der Waals surface area contributed by atoms with Gasteiger partial charge in [-0.2, -0.15) is 13.8 Å². The molecule has 1 aliphatic heterocycles. The summed E-state index contributed by atoms with van der Waals surface area (Å²) in [5.41, 5.74) is -1.51. The van der Waals surface area contributed by atoms with E-state index in [1.54, 1.807) is 18.2 Å². The van der Waals surface area contributed by atoms with E-state index in [9.17, 15) is 13.6 Å². The third-order valence-electron chi connectivity index (χ3n) is 3.97. The van der Waals surface area contributed by atoms with Crippen molar-refractivity contribution in [2.24, 2.45) is 0 Å². The van der Waals surface area contributed by atoms with Crippen molar-refractivity contribution >= 4 is 10.8 Å². The number of hydrogen-bond acceptors (Lipinski definition) is 3. The van der Waals surface area contributed by atoms with Crippen LogP contribution >= 0.6 is 0 Å². The highest BCUT2D eigenvalue weighted by molar-refractivity contribution is 5.83. The molecule has 0 N–H and O–H groups in total. The Morgan fingerprint density at radius 1 is 1.09 bits per heavy atom. The van der Waals surface area contributed by atoms with Crippen LogP contribution in [0.4, 0.5) is 8.78 Å². The molecule has 3 aromatic rings.